The summed E-state index contributed by atoms with van der Waals surface area (Å²) in [7, 11) is 0. The van der Waals surface area contributed by atoms with Gasteiger partial charge in [-0.15, -0.1) is 0 Å². The quantitative estimate of drug-likeness (QED) is 0.816. The van der Waals surface area contributed by atoms with E-state index in [0.29, 0.717) is 22.1 Å². The second kappa shape index (κ2) is 6.67. The van der Waals surface area contributed by atoms with E-state index in [1.54, 1.807) is 0 Å². The number of aliphatic carboxylic acids is 1. The minimum absolute atomic E-state index is 0.326. The average Bonchev–Trinajstić information content (AvgIpc) is 2.27. The molecule has 6 heteroatoms. The third kappa shape index (κ3) is 3.94. The average molecular weight is 365 g/mol. The van der Waals surface area contributed by atoms with Crippen molar-refractivity contribution in [3.8, 4) is 0 Å². The Morgan fingerprint density at radius 3 is 2.61 bits per heavy atom. The third-order valence-corrected chi connectivity index (χ3v) is 3.16. The molecule has 0 aliphatic carbocycles. The Labute approximate surface area is 118 Å². The van der Waals surface area contributed by atoms with Gasteiger partial charge in [-0.05, 0) is 47.2 Å². The number of nitrogens with zero attached hydrogens (tertiary/aromatic N) is 1. The Bertz CT molecular complexity index is 465. The molecule has 1 N–H and O–H groups in total. The first kappa shape index (κ1) is 14.9. The van der Waals surface area contributed by atoms with Crippen LogP contribution < -0.4 is 0 Å². The van der Waals surface area contributed by atoms with Gasteiger partial charge in [0.1, 0.15) is 12.4 Å². The van der Waals surface area contributed by atoms with Gasteiger partial charge in [-0.25, -0.2) is 4.39 Å². The zero-order valence-electron chi connectivity index (χ0n) is 9.82. The zero-order chi connectivity index (χ0) is 13.7. The number of halogens is 2. The largest absolute Gasteiger partial charge is 0.480 e. The highest BCUT2D eigenvalue weighted by molar-refractivity contribution is 14.1. The Kier molecular flexibility index (Phi) is 5.52. The predicted octanol–water partition coefficient (Wildman–Crippen LogP) is 2.37. The molecule has 98 valence electrons. The molecule has 1 aromatic rings. The molecule has 1 aromatic carbocycles. The number of carboxylic acid groups (broad SMARTS) is 1. The van der Waals surface area contributed by atoms with Crippen molar-refractivity contribution in [2.75, 3.05) is 13.1 Å². The van der Waals surface area contributed by atoms with Crippen LogP contribution in [-0.4, -0.2) is 35.0 Å². The van der Waals surface area contributed by atoms with Crippen molar-refractivity contribution in [1.29, 1.82) is 0 Å². The summed E-state index contributed by atoms with van der Waals surface area (Å²) < 4.78 is 13.4. The van der Waals surface area contributed by atoms with Gasteiger partial charge >= 0.3 is 5.97 Å². The summed E-state index contributed by atoms with van der Waals surface area (Å²) in [4.78, 5) is 24.1. The Balaban J connectivity index is 2.97. The van der Waals surface area contributed by atoms with E-state index in [0.717, 1.165) is 0 Å². The third-order valence-electron chi connectivity index (χ3n) is 2.27. The van der Waals surface area contributed by atoms with Crippen molar-refractivity contribution in [3.05, 3.63) is 33.1 Å². The van der Waals surface area contributed by atoms with Crippen LogP contribution in [0.2, 0.25) is 0 Å². The molecule has 0 saturated heterocycles. The summed E-state index contributed by atoms with van der Waals surface area (Å²) in [6.07, 6.45) is 0.663. The summed E-state index contributed by atoms with van der Waals surface area (Å²) in [5.41, 5.74) is 0.326. The summed E-state index contributed by atoms with van der Waals surface area (Å²) in [5.74, 6) is -1.87. The van der Waals surface area contributed by atoms with Gasteiger partial charge in [-0.3, -0.25) is 9.59 Å². The van der Waals surface area contributed by atoms with E-state index >= 15 is 0 Å². The fourth-order valence-corrected chi connectivity index (χ4v) is 2.23. The molecular weight excluding hydrogens is 352 g/mol. The Hall–Kier alpha value is -1.18. The molecule has 0 heterocycles. The van der Waals surface area contributed by atoms with Gasteiger partial charge in [0.25, 0.3) is 5.91 Å². The summed E-state index contributed by atoms with van der Waals surface area (Å²) in [6.45, 7) is 1.87. The molecule has 0 radical (unpaired) electrons. The number of amides is 1. The van der Waals surface area contributed by atoms with Crippen LogP contribution in [0.1, 0.15) is 23.7 Å². The van der Waals surface area contributed by atoms with Crippen LogP contribution in [-0.2, 0) is 4.79 Å². The fraction of sp³-hybridized carbons (Fsp3) is 0.333. The van der Waals surface area contributed by atoms with Gasteiger partial charge in [0.15, 0.2) is 0 Å². The van der Waals surface area contributed by atoms with Crippen molar-refractivity contribution in [2.24, 2.45) is 0 Å². The molecule has 0 spiro atoms. The lowest BCUT2D eigenvalue weighted by Crippen LogP contribution is -2.36. The van der Waals surface area contributed by atoms with Crippen LogP contribution in [0.5, 0.6) is 0 Å². The lowest BCUT2D eigenvalue weighted by molar-refractivity contribution is -0.137. The number of carbonyl (C=O) groups is 2. The normalized spacial score (nSPS) is 10.2. The molecule has 18 heavy (non-hydrogen) atoms. The van der Waals surface area contributed by atoms with E-state index in [9.17, 15) is 14.0 Å². The first-order valence-corrected chi connectivity index (χ1v) is 6.49. The highest BCUT2D eigenvalue weighted by Gasteiger charge is 2.19. The Morgan fingerprint density at radius 1 is 1.44 bits per heavy atom. The summed E-state index contributed by atoms with van der Waals surface area (Å²) in [5, 5.41) is 8.76. The first-order valence-electron chi connectivity index (χ1n) is 5.41. The van der Waals surface area contributed by atoms with E-state index in [4.69, 9.17) is 5.11 Å². The van der Waals surface area contributed by atoms with Crippen LogP contribution >= 0.6 is 22.6 Å². The second-order valence-corrected chi connectivity index (χ2v) is 4.91. The minimum Gasteiger partial charge on any atom is -0.480 e. The van der Waals surface area contributed by atoms with E-state index in [2.05, 4.69) is 0 Å². The smallest absolute Gasteiger partial charge is 0.323 e. The molecule has 0 bridgehead atoms. The number of hydrogen-bond acceptors (Lipinski definition) is 2. The number of rotatable bonds is 5. The second-order valence-electron chi connectivity index (χ2n) is 3.74. The number of carbonyl (C=O) groups excluding carboxylic acids is 1. The van der Waals surface area contributed by atoms with Crippen molar-refractivity contribution >= 4 is 34.5 Å². The molecule has 0 atom stereocenters. The molecule has 0 aliphatic heterocycles. The van der Waals surface area contributed by atoms with Crippen molar-refractivity contribution in [1.82, 2.24) is 4.90 Å². The van der Waals surface area contributed by atoms with Gasteiger partial charge in [0.05, 0.1) is 5.56 Å². The van der Waals surface area contributed by atoms with Crippen molar-refractivity contribution < 1.29 is 19.1 Å². The molecule has 0 fully saturated rings. The molecule has 0 aromatic heterocycles. The summed E-state index contributed by atoms with van der Waals surface area (Å²) >= 11 is 1.86. The number of carboxylic acids is 1. The highest BCUT2D eigenvalue weighted by atomic mass is 127. The molecular formula is C12H13FINO3. The molecule has 0 aliphatic rings. The maximum atomic E-state index is 12.9. The van der Waals surface area contributed by atoms with Crippen molar-refractivity contribution in [2.45, 2.75) is 13.3 Å². The standard InChI is InChI=1S/C12H13FINO3/c1-2-5-15(7-11(16)17)12(18)9-4-3-8(13)6-10(9)14/h3-4,6H,2,5,7H2,1H3,(H,16,17). The predicted molar refractivity (Wildman–Crippen MR) is 72.9 cm³/mol. The molecule has 0 unspecified atom stereocenters. The minimum atomic E-state index is -1.06. The van der Waals surface area contributed by atoms with Crippen LogP contribution in [0.3, 0.4) is 0 Å². The van der Waals surface area contributed by atoms with Gasteiger partial charge in [0, 0.05) is 10.1 Å². The monoisotopic (exact) mass is 365 g/mol. The molecule has 4 nitrogen and oxygen atoms in total. The van der Waals surface area contributed by atoms with E-state index in [-0.39, 0.29) is 12.5 Å². The van der Waals surface area contributed by atoms with Crippen LogP contribution in [0.25, 0.3) is 0 Å². The van der Waals surface area contributed by atoms with E-state index < -0.39 is 11.8 Å². The maximum Gasteiger partial charge on any atom is 0.323 e. The van der Waals surface area contributed by atoms with Gasteiger partial charge < -0.3 is 10.0 Å². The highest BCUT2D eigenvalue weighted by Crippen LogP contribution is 2.16. The molecule has 1 rings (SSSR count). The lowest BCUT2D eigenvalue weighted by Gasteiger charge is -2.20. The number of benzene rings is 1. The summed E-state index contributed by atoms with van der Waals surface area (Å²) in [6, 6.07) is 3.82. The van der Waals surface area contributed by atoms with Gasteiger partial charge in [0.2, 0.25) is 0 Å². The van der Waals surface area contributed by atoms with Crippen molar-refractivity contribution in [3.63, 3.8) is 0 Å². The zero-order valence-corrected chi connectivity index (χ0v) is 12.0. The number of hydrogen-bond donors (Lipinski definition) is 1. The molecule has 0 saturated carbocycles. The van der Waals surface area contributed by atoms with Crippen LogP contribution in [0.4, 0.5) is 4.39 Å². The Morgan fingerprint density at radius 2 is 2.11 bits per heavy atom. The topological polar surface area (TPSA) is 57.6 Å². The van der Waals surface area contributed by atoms with Gasteiger partial charge in [-0.2, -0.15) is 0 Å². The van der Waals surface area contributed by atoms with Gasteiger partial charge in [-0.1, -0.05) is 6.92 Å². The maximum absolute atomic E-state index is 12.9. The molecule has 1 amide bonds. The lowest BCUT2D eigenvalue weighted by atomic mass is 10.2. The van der Waals surface area contributed by atoms with E-state index in [1.165, 1.54) is 23.1 Å². The first-order chi connectivity index (χ1) is 8.45. The fourth-order valence-electron chi connectivity index (χ4n) is 1.52. The van der Waals surface area contributed by atoms with Crippen LogP contribution in [0, 0.1) is 9.39 Å². The van der Waals surface area contributed by atoms with E-state index in [1.807, 2.05) is 29.5 Å². The SMILES string of the molecule is CCCN(CC(=O)O)C(=O)c1ccc(F)cc1I. The van der Waals surface area contributed by atoms with Crippen LogP contribution in [0.15, 0.2) is 18.2 Å².